The van der Waals surface area contributed by atoms with Crippen LogP contribution < -0.4 is 0 Å². The molecule has 0 aromatic heterocycles. The minimum absolute atomic E-state index is 0.0480. The molecule has 0 heterocycles. The molecule has 0 radical (unpaired) electrons. The molecular weight excluding hydrogens is 196 g/mol. The topological polar surface area (TPSA) is 66.8 Å². The second kappa shape index (κ2) is 7.12. The number of hydrogen-bond acceptors (Lipinski definition) is 4. The first-order chi connectivity index (χ1) is 6.13. The molecule has 0 aliphatic heterocycles. The van der Waals surface area contributed by atoms with Gasteiger partial charge in [-0.15, -0.1) is 0 Å². The Morgan fingerprint density at radius 2 is 2.08 bits per heavy atom. The van der Waals surface area contributed by atoms with Crippen molar-refractivity contribution in [1.29, 1.82) is 0 Å². The van der Waals surface area contributed by atoms with E-state index >= 15 is 0 Å². The van der Waals surface area contributed by atoms with Crippen LogP contribution in [0.1, 0.15) is 19.8 Å². The standard InChI is InChI=1S/C8H15ClO4/c1-6(4-10)2-7(5-11)3-8(12)13-9/h6-7,10-11H,2-5H2,1H3. The predicted octanol–water partition coefficient (Wildman–Crippen LogP) is 0.700. The molecule has 0 aliphatic carbocycles. The van der Waals surface area contributed by atoms with Gasteiger partial charge in [-0.3, -0.25) is 4.79 Å². The lowest BCUT2D eigenvalue weighted by Crippen LogP contribution is -2.17. The van der Waals surface area contributed by atoms with Crippen molar-refractivity contribution in [3.8, 4) is 0 Å². The minimum atomic E-state index is -0.550. The number of aliphatic hydroxyl groups is 2. The molecule has 13 heavy (non-hydrogen) atoms. The van der Waals surface area contributed by atoms with E-state index in [0.717, 1.165) is 0 Å². The zero-order chi connectivity index (χ0) is 10.3. The fourth-order valence-corrected chi connectivity index (χ4v) is 1.20. The smallest absolute Gasteiger partial charge is 0.325 e. The summed E-state index contributed by atoms with van der Waals surface area (Å²) in [5.41, 5.74) is 0. The first-order valence-electron chi connectivity index (χ1n) is 4.17. The molecular formula is C8H15ClO4. The van der Waals surface area contributed by atoms with Crippen LogP contribution in [0.3, 0.4) is 0 Å². The van der Waals surface area contributed by atoms with Crippen molar-refractivity contribution in [2.24, 2.45) is 11.8 Å². The molecule has 0 amide bonds. The van der Waals surface area contributed by atoms with Crippen molar-refractivity contribution in [2.45, 2.75) is 19.8 Å². The number of halogens is 1. The lowest BCUT2D eigenvalue weighted by Gasteiger charge is -2.15. The van der Waals surface area contributed by atoms with E-state index in [4.69, 9.17) is 22.1 Å². The van der Waals surface area contributed by atoms with Crippen LogP contribution in [0.4, 0.5) is 0 Å². The molecule has 2 N–H and O–H groups in total. The zero-order valence-electron chi connectivity index (χ0n) is 7.57. The Morgan fingerprint density at radius 3 is 2.46 bits per heavy atom. The Balaban J connectivity index is 3.81. The van der Waals surface area contributed by atoms with Crippen molar-refractivity contribution >= 4 is 17.8 Å². The summed E-state index contributed by atoms with van der Waals surface area (Å²) >= 11 is 4.84. The molecule has 78 valence electrons. The summed E-state index contributed by atoms with van der Waals surface area (Å²) in [5, 5.41) is 17.6. The Bertz CT molecular complexity index is 151. The Morgan fingerprint density at radius 1 is 1.46 bits per heavy atom. The molecule has 0 aromatic rings. The van der Waals surface area contributed by atoms with Crippen LogP contribution in [-0.4, -0.2) is 29.4 Å². The lowest BCUT2D eigenvalue weighted by atomic mass is 9.94. The van der Waals surface area contributed by atoms with Gasteiger partial charge in [-0.05, 0) is 18.3 Å². The number of aliphatic hydroxyl groups excluding tert-OH is 2. The van der Waals surface area contributed by atoms with Gasteiger partial charge in [0.2, 0.25) is 0 Å². The molecule has 0 saturated heterocycles. The molecule has 4 nitrogen and oxygen atoms in total. The third-order valence-electron chi connectivity index (χ3n) is 1.85. The molecule has 2 unspecified atom stereocenters. The summed E-state index contributed by atoms with van der Waals surface area (Å²) in [5.74, 6) is -0.667. The summed E-state index contributed by atoms with van der Waals surface area (Å²) < 4.78 is 3.96. The molecule has 0 bridgehead atoms. The van der Waals surface area contributed by atoms with Gasteiger partial charge in [0.05, 0.1) is 6.42 Å². The van der Waals surface area contributed by atoms with Crippen LogP contribution in [0.25, 0.3) is 0 Å². The zero-order valence-corrected chi connectivity index (χ0v) is 8.33. The van der Waals surface area contributed by atoms with E-state index in [1.807, 2.05) is 6.92 Å². The van der Waals surface area contributed by atoms with E-state index in [2.05, 4.69) is 4.29 Å². The molecule has 0 aliphatic rings. The maximum absolute atomic E-state index is 10.7. The number of carbonyl (C=O) groups is 1. The number of hydrogen-bond donors (Lipinski definition) is 2. The minimum Gasteiger partial charge on any atom is -0.396 e. The Kier molecular flexibility index (Phi) is 6.94. The van der Waals surface area contributed by atoms with Crippen LogP contribution in [-0.2, 0) is 9.08 Å². The first kappa shape index (κ1) is 12.7. The normalized spacial score (nSPS) is 15.1. The number of rotatable bonds is 6. The number of carbonyl (C=O) groups excluding carboxylic acids is 1. The van der Waals surface area contributed by atoms with E-state index in [0.29, 0.717) is 6.42 Å². The van der Waals surface area contributed by atoms with E-state index in [1.165, 1.54) is 0 Å². The summed E-state index contributed by atoms with van der Waals surface area (Å²) in [6.07, 6.45) is 0.670. The van der Waals surface area contributed by atoms with Crippen LogP contribution in [0, 0.1) is 11.8 Å². The van der Waals surface area contributed by atoms with Gasteiger partial charge in [0.25, 0.3) is 0 Å². The average Bonchev–Trinajstić information content (AvgIpc) is 2.16. The van der Waals surface area contributed by atoms with Gasteiger partial charge in [-0.1, -0.05) is 6.92 Å². The largest absolute Gasteiger partial charge is 0.396 e. The molecule has 0 rings (SSSR count). The van der Waals surface area contributed by atoms with Crippen LogP contribution in [0.2, 0.25) is 0 Å². The van der Waals surface area contributed by atoms with Crippen molar-refractivity contribution in [3.63, 3.8) is 0 Å². The van der Waals surface area contributed by atoms with Crippen molar-refractivity contribution in [3.05, 3.63) is 0 Å². The van der Waals surface area contributed by atoms with Gasteiger partial charge in [0, 0.05) is 13.2 Å². The van der Waals surface area contributed by atoms with Crippen molar-refractivity contribution in [1.82, 2.24) is 0 Å². The fraction of sp³-hybridized carbons (Fsp3) is 0.875. The monoisotopic (exact) mass is 210 g/mol. The average molecular weight is 211 g/mol. The lowest BCUT2D eigenvalue weighted by molar-refractivity contribution is -0.135. The highest BCUT2D eigenvalue weighted by Crippen LogP contribution is 2.15. The SMILES string of the molecule is CC(CO)CC(CO)CC(=O)OCl. The third-order valence-corrected chi connectivity index (χ3v) is 2.02. The van der Waals surface area contributed by atoms with Gasteiger partial charge < -0.3 is 14.5 Å². The van der Waals surface area contributed by atoms with E-state index < -0.39 is 5.97 Å². The maximum atomic E-state index is 10.7. The maximum Gasteiger partial charge on any atom is 0.325 e. The van der Waals surface area contributed by atoms with Crippen molar-refractivity contribution < 1.29 is 19.3 Å². The fourth-order valence-electron chi connectivity index (χ4n) is 1.13. The molecule has 0 fully saturated rings. The van der Waals surface area contributed by atoms with Crippen LogP contribution >= 0.6 is 11.9 Å². The molecule has 0 spiro atoms. The van der Waals surface area contributed by atoms with Gasteiger partial charge in [0.1, 0.15) is 11.9 Å². The van der Waals surface area contributed by atoms with Crippen LogP contribution in [0.15, 0.2) is 0 Å². The summed E-state index contributed by atoms with van der Waals surface area (Å²) in [7, 11) is 0. The van der Waals surface area contributed by atoms with Gasteiger partial charge in [-0.2, -0.15) is 0 Å². The second-order valence-electron chi connectivity index (χ2n) is 3.23. The molecule has 0 saturated carbocycles. The molecule has 5 heteroatoms. The summed E-state index contributed by atoms with van der Waals surface area (Å²) in [6, 6.07) is 0. The van der Waals surface area contributed by atoms with Crippen LogP contribution in [0.5, 0.6) is 0 Å². The highest BCUT2D eigenvalue weighted by Gasteiger charge is 2.16. The second-order valence-corrected chi connectivity index (χ2v) is 3.38. The molecule has 2 atom stereocenters. The molecule has 0 aromatic carbocycles. The van der Waals surface area contributed by atoms with Gasteiger partial charge in [0.15, 0.2) is 0 Å². The van der Waals surface area contributed by atoms with Gasteiger partial charge >= 0.3 is 5.97 Å². The van der Waals surface area contributed by atoms with E-state index in [1.54, 1.807) is 0 Å². The quantitative estimate of drug-likeness (QED) is 0.678. The first-order valence-corrected chi connectivity index (χ1v) is 4.48. The van der Waals surface area contributed by atoms with Crippen molar-refractivity contribution in [2.75, 3.05) is 13.2 Å². The van der Waals surface area contributed by atoms with E-state index in [9.17, 15) is 4.79 Å². The Hall–Kier alpha value is -0.320. The highest BCUT2D eigenvalue weighted by molar-refractivity contribution is 6.13. The van der Waals surface area contributed by atoms with E-state index in [-0.39, 0.29) is 31.5 Å². The highest BCUT2D eigenvalue weighted by atomic mass is 35.5. The van der Waals surface area contributed by atoms with Gasteiger partial charge in [-0.25, -0.2) is 0 Å². The Labute approximate surface area is 82.6 Å². The summed E-state index contributed by atoms with van der Waals surface area (Å²) in [4.78, 5) is 10.7. The summed E-state index contributed by atoms with van der Waals surface area (Å²) in [6.45, 7) is 1.79. The third kappa shape index (κ3) is 5.85. The predicted molar refractivity (Wildman–Crippen MR) is 48.0 cm³/mol.